The number of amides is 2. The second-order valence-electron chi connectivity index (χ2n) is 11.2. The van der Waals surface area contributed by atoms with Gasteiger partial charge in [0.05, 0.1) is 59.7 Å². The van der Waals surface area contributed by atoms with E-state index in [4.69, 9.17) is 4.74 Å². The average molecular weight is 547 g/mol. The van der Waals surface area contributed by atoms with Crippen molar-refractivity contribution in [3.63, 3.8) is 0 Å². The van der Waals surface area contributed by atoms with Gasteiger partial charge in [0.1, 0.15) is 10.4 Å². The molecule has 10 nitrogen and oxygen atoms in total. The number of nitrogens with zero attached hydrogens (tertiary/aromatic N) is 4. The van der Waals surface area contributed by atoms with Crippen LogP contribution in [-0.4, -0.2) is 69.3 Å². The fourth-order valence-electron chi connectivity index (χ4n) is 5.08. The van der Waals surface area contributed by atoms with Crippen LogP contribution in [0.4, 0.5) is 11.4 Å². The Labute approximate surface area is 229 Å². The molecule has 3 N–H and O–H groups in total. The van der Waals surface area contributed by atoms with Crippen molar-refractivity contribution in [2.45, 2.75) is 26.4 Å². The quantitative estimate of drug-likeness (QED) is 0.324. The van der Waals surface area contributed by atoms with Crippen molar-refractivity contribution < 1.29 is 19.4 Å². The van der Waals surface area contributed by atoms with E-state index in [1.807, 2.05) is 30.5 Å². The van der Waals surface area contributed by atoms with Crippen LogP contribution in [0.25, 0.3) is 15.3 Å². The Morgan fingerprint density at radius 3 is 2.54 bits per heavy atom. The fourth-order valence-corrected chi connectivity index (χ4v) is 6.14. The summed E-state index contributed by atoms with van der Waals surface area (Å²) in [5.74, 6) is -0.418. The Kier molecular flexibility index (Phi) is 6.26. The highest BCUT2D eigenvalue weighted by molar-refractivity contribution is 7.21. The van der Waals surface area contributed by atoms with Gasteiger partial charge in [-0.05, 0) is 29.5 Å². The van der Waals surface area contributed by atoms with Gasteiger partial charge in [0.25, 0.3) is 5.91 Å². The second-order valence-corrected chi connectivity index (χ2v) is 12.2. The molecule has 2 saturated heterocycles. The predicted octanol–water partition coefficient (Wildman–Crippen LogP) is 3.52. The monoisotopic (exact) mass is 546 g/mol. The van der Waals surface area contributed by atoms with Crippen LogP contribution in [0.2, 0.25) is 0 Å². The van der Waals surface area contributed by atoms with Gasteiger partial charge in [-0.2, -0.15) is 5.10 Å². The molecule has 3 aromatic heterocycles. The highest BCUT2D eigenvalue weighted by Crippen LogP contribution is 2.34. The summed E-state index contributed by atoms with van der Waals surface area (Å²) in [5, 5.41) is 20.7. The van der Waals surface area contributed by atoms with Crippen LogP contribution >= 0.6 is 11.3 Å². The summed E-state index contributed by atoms with van der Waals surface area (Å²) in [6.07, 6.45) is 5.02. The molecule has 6 rings (SSSR count). The number of pyridine rings is 1. The summed E-state index contributed by atoms with van der Waals surface area (Å²) in [6, 6.07) is 9.43. The first kappa shape index (κ1) is 25.6. The number of carbonyl (C=O) groups is 2. The van der Waals surface area contributed by atoms with Crippen molar-refractivity contribution in [1.82, 2.24) is 19.5 Å². The maximum Gasteiger partial charge on any atom is 0.260 e. The standard InChI is InChI=1S/C28H30N6O4S/c1-17-22(8-20(9-29-17)31-24(35)12-33-13-27(2,3)14-33)32-25(36)21-10-30-34-11-23(39-26(21)34)18-4-6-19(7-5-18)28(37)15-38-16-28/h4-11,37H,12-16H2,1-3H3,(H,31,35)(H,32,36). The molecular weight excluding hydrogens is 516 g/mol. The van der Waals surface area contributed by atoms with Crippen LogP contribution in [0.1, 0.15) is 35.5 Å². The lowest BCUT2D eigenvalue weighted by Crippen LogP contribution is -2.54. The summed E-state index contributed by atoms with van der Waals surface area (Å²) >= 11 is 1.46. The molecule has 0 radical (unpaired) electrons. The van der Waals surface area contributed by atoms with Crippen LogP contribution < -0.4 is 10.6 Å². The van der Waals surface area contributed by atoms with Gasteiger partial charge < -0.3 is 20.5 Å². The number of rotatable bonds is 7. The largest absolute Gasteiger partial charge is 0.380 e. The van der Waals surface area contributed by atoms with Crippen molar-refractivity contribution in [2.75, 3.05) is 43.5 Å². The number of nitrogens with one attached hydrogen (secondary N) is 2. The van der Waals surface area contributed by atoms with Gasteiger partial charge in [-0.1, -0.05) is 38.1 Å². The molecule has 2 aliphatic heterocycles. The molecule has 0 aliphatic carbocycles. The van der Waals surface area contributed by atoms with Crippen molar-refractivity contribution in [3.05, 3.63) is 65.7 Å². The number of aliphatic hydroxyl groups is 1. The van der Waals surface area contributed by atoms with E-state index in [9.17, 15) is 14.7 Å². The lowest BCUT2D eigenvalue weighted by Gasteiger charge is -2.45. The zero-order valence-electron chi connectivity index (χ0n) is 22.0. The zero-order valence-corrected chi connectivity index (χ0v) is 22.8. The number of thiazole rings is 1. The lowest BCUT2D eigenvalue weighted by molar-refractivity contribution is -0.184. The van der Waals surface area contributed by atoms with Gasteiger partial charge in [0.2, 0.25) is 5.91 Å². The molecule has 11 heteroatoms. The first-order chi connectivity index (χ1) is 18.6. The van der Waals surface area contributed by atoms with Gasteiger partial charge in [0.15, 0.2) is 0 Å². The molecular formula is C28H30N6O4S. The second kappa shape index (κ2) is 9.53. The summed E-state index contributed by atoms with van der Waals surface area (Å²) in [7, 11) is 0. The Bertz CT molecular complexity index is 1560. The van der Waals surface area contributed by atoms with Gasteiger partial charge in [-0.3, -0.25) is 19.5 Å². The molecule has 2 amide bonds. The number of hydrogen-bond acceptors (Lipinski definition) is 8. The number of fused-ring (bicyclic) bond motifs is 1. The van der Waals surface area contributed by atoms with E-state index in [-0.39, 0.29) is 17.2 Å². The van der Waals surface area contributed by atoms with Crippen LogP contribution in [-0.2, 0) is 15.1 Å². The van der Waals surface area contributed by atoms with Crippen molar-refractivity contribution in [2.24, 2.45) is 5.41 Å². The van der Waals surface area contributed by atoms with E-state index in [1.165, 1.54) is 11.3 Å². The highest BCUT2D eigenvalue weighted by Gasteiger charge is 2.38. The zero-order chi connectivity index (χ0) is 27.4. The van der Waals surface area contributed by atoms with Crippen molar-refractivity contribution in [1.29, 1.82) is 0 Å². The Hall–Kier alpha value is -3.64. The third-order valence-electron chi connectivity index (χ3n) is 7.12. The molecule has 0 spiro atoms. The molecule has 1 aromatic carbocycles. The van der Waals surface area contributed by atoms with E-state index in [2.05, 4.69) is 39.5 Å². The summed E-state index contributed by atoms with van der Waals surface area (Å²) in [6.45, 7) is 8.88. The maximum atomic E-state index is 13.2. The molecule has 0 bridgehead atoms. The van der Waals surface area contributed by atoms with Gasteiger partial charge >= 0.3 is 0 Å². The van der Waals surface area contributed by atoms with Crippen LogP contribution in [0.15, 0.2) is 48.9 Å². The molecule has 2 fully saturated rings. The molecule has 5 heterocycles. The van der Waals surface area contributed by atoms with E-state index in [0.29, 0.717) is 47.2 Å². The molecule has 2 aliphatic rings. The minimum Gasteiger partial charge on any atom is -0.380 e. The predicted molar refractivity (Wildman–Crippen MR) is 149 cm³/mol. The minimum atomic E-state index is -0.910. The molecule has 202 valence electrons. The molecule has 4 aromatic rings. The number of aromatic nitrogens is 3. The summed E-state index contributed by atoms with van der Waals surface area (Å²) < 4.78 is 6.84. The van der Waals surface area contributed by atoms with Crippen molar-refractivity contribution >= 4 is 39.4 Å². The third-order valence-corrected chi connectivity index (χ3v) is 8.28. The Balaban J connectivity index is 1.15. The molecule has 0 atom stereocenters. The topological polar surface area (TPSA) is 121 Å². The number of anilines is 2. The first-order valence-electron chi connectivity index (χ1n) is 12.8. The van der Waals surface area contributed by atoms with Crippen LogP contribution in [0.5, 0.6) is 0 Å². The van der Waals surface area contributed by atoms with Gasteiger partial charge in [0, 0.05) is 19.3 Å². The van der Waals surface area contributed by atoms with Gasteiger partial charge in [-0.15, -0.1) is 11.3 Å². The molecule has 0 saturated carbocycles. The average Bonchev–Trinajstić information content (AvgIpc) is 3.45. The minimum absolute atomic E-state index is 0.110. The SMILES string of the molecule is Cc1ncc(NC(=O)CN2CC(C)(C)C2)cc1NC(=O)c1cnn2cc(-c3ccc(C4(O)COC4)cc3)sc12. The number of carbonyl (C=O) groups excluding carboxylic acids is 2. The van der Waals surface area contributed by atoms with Crippen molar-refractivity contribution in [3.8, 4) is 10.4 Å². The summed E-state index contributed by atoms with van der Waals surface area (Å²) in [4.78, 5) is 33.9. The van der Waals surface area contributed by atoms with E-state index in [1.54, 1.807) is 29.9 Å². The van der Waals surface area contributed by atoms with Crippen LogP contribution in [0.3, 0.4) is 0 Å². The normalized spacial score (nSPS) is 17.8. The first-order valence-corrected chi connectivity index (χ1v) is 13.6. The van der Waals surface area contributed by atoms with Gasteiger partial charge in [-0.25, -0.2) is 4.52 Å². The van der Waals surface area contributed by atoms with E-state index >= 15 is 0 Å². The summed E-state index contributed by atoms with van der Waals surface area (Å²) in [5.41, 5.74) is 3.27. The van der Waals surface area contributed by atoms with Crippen LogP contribution in [0, 0.1) is 12.3 Å². The number of ether oxygens (including phenoxy) is 1. The highest BCUT2D eigenvalue weighted by atomic mass is 32.1. The molecule has 39 heavy (non-hydrogen) atoms. The smallest absolute Gasteiger partial charge is 0.260 e. The number of aryl methyl sites for hydroxylation is 1. The number of likely N-dealkylation sites (tertiary alicyclic amines) is 1. The van der Waals surface area contributed by atoms with E-state index in [0.717, 1.165) is 29.1 Å². The van der Waals surface area contributed by atoms with E-state index < -0.39 is 5.60 Å². The fraction of sp³-hybridized carbons (Fsp3) is 0.357. The molecule has 0 unspecified atom stereocenters. The number of benzene rings is 1. The lowest BCUT2D eigenvalue weighted by atomic mass is 9.84. The number of hydrogen-bond donors (Lipinski definition) is 3. The maximum absolute atomic E-state index is 13.2. The Morgan fingerprint density at radius 1 is 1.13 bits per heavy atom. The third kappa shape index (κ3) is 5.06. The Morgan fingerprint density at radius 2 is 1.87 bits per heavy atom.